The maximum absolute atomic E-state index is 11.8. The second kappa shape index (κ2) is 7.02. The van der Waals surface area contributed by atoms with E-state index in [0.717, 1.165) is 4.90 Å². The van der Waals surface area contributed by atoms with Crippen molar-refractivity contribution in [1.82, 2.24) is 5.32 Å². The first-order chi connectivity index (χ1) is 8.51. The summed E-state index contributed by atoms with van der Waals surface area (Å²) in [5.74, 6) is 0.340. The Morgan fingerprint density at radius 1 is 1.56 bits per heavy atom. The number of nitrogens with one attached hydrogen (secondary N) is 1. The zero-order valence-corrected chi connectivity index (χ0v) is 12.4. The van der Waals surface area contributed by atoms with Gasteiger partial charge in [-0.1, -0.05) is 24.6 Å². The summed E-state index contributed by atoms with van der Waals surface area (Å²) < 4.78 is 4.84. The summed E-state index contributed by atoms with van der Waals surface area (Å²) in [5, 5.41) is 3.86. The quantitative estimate of drug-likeness (QED) is 0.645. The lowest BCUT2D eigenvalue weighted by molar-refractivity contribution is -0.146. The van der Waals surface area contributed by atoms with Gasteiger partial charge in [-0.15, -0.1) is 11.8 Å². The van der Waals surface area contributed by atoms with Gasteiger partial charge in [-0.05, 0) is 31.7 Å². The molecule has 0 amide bonds. The van der Waals surface area contributed by atoms with E-state index in [1.54, 1.807) is 11.8 Å². The standard InChI is InChI=1S/C13H18ClNO2S/c1-4-15-13(2,12(16)17-3)9-18-11-7-5-6-10(14)8-11/h5-8,15H,4,9H2,1-3H3. The minimum Gasteiger partial charge on any atom is -0.468 e. The first-order valence-electron chi connectivity index (χ1n) is 5.73. The summed E-state index contributed by atoms with van der Waals surface area (Å²) in [5.41, 5.74) is -0.684. The number of carbonyl (C=O) groups is 1. The molecule has 0 saturated carbocycles. The maximum atomic E-state index is 11.8. The highest BCUT2D eigenvalue weighted by atomic mass is 35.5. The van der Waals surface area contributed by atoms with Crippen LogP contribution < -0.4 is 5.32 Å². The van der Waals surface area contributed by atoms with Crippen molar-refractivity contribution >= 4 is 29.3 Å². The molecule has 0 heterocycles. The third kappa shape index (κ3) is 4.19. The van der Waals surface area contributed by atoms with Crippen molar-refractivity contribution in [3.63, 3.8) is 0 Å². The van der Waals surface area contributed by atoms with Crippen LogP contribution in [-0.2, 0) is 9.53 Å². The molecule has 18 heavy (non-hydrogen) atoms. The Kier molecular flexibility index (Phi) is 5.99. The molecule has 0 radical (unpaired) electrons. The molecule has 0 fully saturated rings. The van der Waals surface area contributed by atoms with E-state index < -0.39 is 5.54 Å². The Morgan fingerprint density at radius 3 is 2.83 bits per heavy atom. The van der Waals surface area contributed by atoms with Crippen LogP contribution in [0.5, 0.6) is 0 Å². The van der Waals surface area contributed by atoms with Gasteiger partial charge in [0.15, 0.2) is 0 Å². The van der Waals surface area contributed by atoms with E-state index in [1.165, 1.54) is 7.11 Å². The highest BCUT2D eigenvalue weighted by Crippen LogP contribution is 2.25. The highest BCUT2D eigenvalue weighted by Gasteiger charge is 2.33. The van der Waals surface area contributed by atoms with Crippen LogP contribution in [0.3, 0.4) is 0 Å². The van der Waals surface area contributed by atoms with Gasteiger partial charge < -0.3 is 10.1 Å². The summed E-state index contributed by atoms with van der Waals surface area (Å²) in [7, 11) is 1.40. The number of hydrogen-bond donors (Lipinski definition) is 1. The van der Waals surface area contributed by atoms with Crippen molar-refractivity contribution in [3.8, 4) is 0 Å². The predicted octanol–water partition coefficient (Wildman–Crippen LogP) is 2.97. The number of carbonyl (C=O) groups excluding carboxylic acids is 1. The largest absolute Gasteiger partial charge is 0.468 e. The van der Waals surface area contributed by atoms with Crippen LogP contribution in [0.2, 0.25) is 5.02 Å². The molecule has 1 N–H and O–H groups in total. The molecule has 1 unspecified atom stereocenters. The van der Waals surface area contributed by atoms with E-state index in [1.807, 2.05) is 38.1 Å². The second-order valence-corrected chi connectivity index (χ2v) is 5.59. The SMILES string of the molecule is CCNC(C)(CSc1cccc(Cl)c1)C(=O)OC. The van der Waals surface area contributed by atoms with Crippen molar-refractivity contribution in [2.45, 2.75) is 24.3 Å². The molecule has 1 aromatic rings. The molecule has 0 saturated heterocycles. The molecule has 0 aliphatic carbocycles. The van der Waals surface area contributed by atoms with Gasteiger partial charge >= 0.3 is 5.97 Å². The maximum Gasteiger partial charge on any atom is 0.326 e. The molecule has 5 heteroatoms. The van der Waals surface area contributed by atoms with Crippen LogP contribution in [0.1, 0.15) is 13.8 Å². The predicted molar refractivity (Wildman–Crippen MR) is 76.3 cm³/mol. The Bertz CT molecular complexity index is 414. The lowest BCUT2D eigenvalue weighted by atomic mass is 10.1. The van der Waals surface area contributed by atoms with Gasteiger partial charge in [-0.3, -0.25) is 4.79 Å². The average molecular weight is 288 g/mol. The van der Waals surface area contributed by atoms with E-state index in [2.05, 4.69) is 5.32 Å². The van der Waals surface area contributed by atoms with Crippen molar-refractivity contribution in [3.05, 3.63) is 29.3 Å². The third-order valence-electron chi connectivity index (χ3n) is 2.53. The lowest BCUT2D eigenvalue weighted by Gasteiger charge is -2.27. The molecule has 0 aromatic heterocycles. The summed E-state index contributed by atoms with van der Waals surface area (Å²) in [4.78, 5) is 12.8. The third-order valence-corrected chi connectivity index (χ3v) is 4.07. The van der Waals surface area contributed by atoms with Crippen molar-refractivity contribution < 1.29 is 9.53 Å². The lowest BCUT2D eigenvalue weighted by Crippen LogP contribution is -2.52. The first-order valence-corrected chi connectivity index (χ1v) is 7.10. The Morgan fingerprint density at radius 2 is 2.28 bits per heavy atom. The average Bonchev–Trinajstić information content (AvgIpc) is 2.36. The van der Waals surface area contributed by atoms with E-state index in [-0.39, 0.29) is 5.97 Å². The first kappa shape index (κ1) is 15.3. The minimum atomic E-state index is -0.684. The Hall–Kier alpha value is -0.710. The van der Waals surface area contributed by atoms with Gasteiger partial charge in [0.25, 0.3) is 0 Å². The van der Waals surface area contributed by atoms with Crippen LogP contribution in [0.25, 0.3) is 0 Å². The summed E-state index contributed by atoms with van der Waals surface area (Å²) in [6, 6.07) is 7.58. The highest BCUT2D eigenvalue weighted by molar-refractivity contribution is 7.99. The Balaban J connectivity index is 2.70. The smallest absolute Gasteiger partial charge is 0.326 e. The van der Waals surface area contributed by atoms with Crippen LogP contribution in [0, 0.1) is 0 Å². The zero-order chi connectivity index (χ0) is 13.6. The second-order valence-electron chi connectivity index (χ2n) is 4.10. The molecular formula is C13H18ClNO2S. The van der Waals surface area contributed by atoms with Gasteiger partial charge in [0.2, 0.25) is 0 Å². The Labute approximate surface area is 117 Å². The topological polar surface area (TPSA) is 38.3 Å². The normalized spacial score (nSPS) is 14.0. The summed E-state index contributed by atoms with van der Waals surface area (Å²) >= 11 is 7.50. The van der Waals surface area contributed by atoms with Crippen molar-refractivity contribution in [2.75, 3.05) is 19.4 Å². The zero-order valence-electron chi connectivity index (χ0n) is 10.8. The fraction of sp³-hybridized carbons (Fsp3) is 0.462. The molecule has 100 valence electrons. The van der Waals surface area contributed by atoms with Gasteiger partial charge in [-0.2, -0.15) is 0 Å². The van der Waals surface area contributed by atoms with Gasteiger partial charge in [0.05, 0.1) is 7.11 Å². The minimum absolute atomic E-state index is 0.251. The number of benzene rings is 1. The van der Waals surface area contributed by atoms with Gasteiger partial charge in [0, 0.05) is 15.7 Å². The van der Waals surface area contributed by atoms with Crippen LogP contribution in [0.4, 0.5) is 0 Å². The summed E-state index contributed by atoms with van der Waals surface area (Å²) in [6.07, 6.45) is 0. The number of thioether (sulfide) groups is 1. The fourth-order valence-electron chi connectivity index (χ4n) is 1.58. The van der Waals surface area contributed by atoms with E-state index in [4.69, 9.17) is 16.3 Å². The van der Waals surface area contributed by atoms with E-state index >= 15 is 0 Å². The number of likely N-dealkylation sites (N-methyl/N-ethyl adjacent to an activating group) is 1. The van der Waals surface area contributed by atoms with Crippen LogP contribution >= 0.6 is 23.4 Å². The number of ether oxygens (including phenoxy) is 1. The number of halogens is 1. The number of methoxy groups -OCH3 is 1. The summed E-state index contributed by atoms with van der Waals surface area (Å²) in [6.45, 7) is 4.52. The van der Waals surface area contributed by atoms with Crippen molar-refractivity contribution in [2.24, 2.45) is 0 Å². The molecule has 1 rings (SSSR count). The molecule has 0 spiro atoms. The van der Waals surface area contributed by atoms with E-state index in [0.29, 0.717) is 17.3 Å². The molecule has 0 aliphatic heterocycles. The van der Waals surface area contributed by atoms with Crippen LogP contribution in [0.15, 0.2) is 29.2 Å². The van der Waals surface area contributed by atoms with Gasteiger partial charge in [-0.25, -0.2) is 0 Å². The number of hydrogen-bond acceptors (Lipinski definition) is 4. The molecule has 0 bridgehead atoms. The molecular weight excluding hydrogens is 270 g/mol. The molecule has 1 aromatic carbocycles. The number of rotatable bonds is 6. The molecule has 0 aliphatic rings. The van der Waals surface area contributed by atoms with Crippen LogP contribution in [-0.4, -0.2) is 30.9 Å². The van der Waals surface area contributed by atoms with Gasteiger partial charge in [0.1, 0.15) is 5.54 Å². The number of esters is 1. The monoisotopic (exact) mass is 287 g/mol. The molecule has 1 atom stereocenters. The van der Waals surface area contributed by atoms with E-state index in [9.17, 15) is 4.79 Å². The van der Waals surface area contributed by atoms with Crippen molar-refractivity contribution in [1.29, 1.82) is 0 Å². The molecule has 3 nitrogen and oxygen atoms in total. The fourth-order valence-corrected chi connectivity index (χ4v) is 2.90.